The van der Waals surface area contributed by atoms with Crippen LogP contribution in [-0.4, -0.2) is 19.7 Å². The molecule has 2 aromatic rings. The van der Waals surface area contributed by atoms with Crippen LogP contribution in [-0.2, 0) is 0 Å². The molecular weight excluding hydrogens is 306 g/mol. The topological polar surface area (TPSA) is 56.8 Å². The van der Waals surface area contributed by atoms with E-state index in [-0.39, 0.29) is 0 Å². The molecule has 0 aliphatic heterocycles. The van der Waals surface area contributed by atoms with Gasteiger partial charge in [0.05, 0.1) is 7.11 Å². The summed E-state index contributed by atoms with van der Waals surface area (Å²) in [7, 11) is 1.49. The highest BCUT2D eigenvalue weighted by atomic mass is 35.5. The van der Waals surface area contributed by atoms with Gasteiger partial charge in [0.15, 0.2) is 11.5 Å². The number of carbonyl (C=O) groups is 1. The lowest BCUT2D eigenvalue weighted by Crippen LogP contribution is -2.26. The average molecular weight is 322 g/mol. The molecular formula is C16H16ClNO4. The van der Waals surface area contributed by atoms with Crippen LogP contribution in [0.15, 0.2) is 42.5 Å². The van der Waals surface area contributed by atoms with Crippen molar-refractivity contribution in [3.05, 3.63) is 47.5 Å². The van der Waals surface area contributed by atoms with Gasteiger partial charge in [-0.2, -0.15) is 0 Å². The first-order valence-corrected chi connectivity index (χ1v) is 7.07. The summed E-state index contributed by atoms with van der Waals surface area (Å²) in [6.45, 7) is 2.29. The highest BCUT2D eigenvalue weighted by Gasteiger charge is 2.11. The monoisotopic (exact) mass is 321 g/mol. The molecule has 0 fully saturated rings. The highest BCUT2D eigenvalue weighted by molar-refractivity contribution is 6.30. The van der Waals surface area contributed by atoms with Crippen LogP contribution in [0.3, 0.4) is 0 Å². The Morgan fingerprint density at radius 3 is 2.41 bits per heavy atom. The quantitative estimate of drug-likeness (QED) is 0.894. The lowest BCUT2D eigenvalue weighted by Gasteiger charge is -2.12. The van der Waals surface area contributed by atoms with E-state index in [1.54, 1.807) is 42.5 Å². The maximum absolute atomic E-state index is 11.5. The number of amides is 1. The molecule has 0 aromatic heterocycles. The molecule has 5 nitrogen and oxygen atoms in total. The van der Waals surface area contributed by atoms with Gasteiger partial charge < -0.3 is 19.5 Å². The Kier molecular flexibility index (Phi) is 5.49. The fraction of sp³-hybridized carbons (Fsp3) is 0.188. The fourth-order valence-electron chi connectivity index (χ4n) is 1.71. The molecule has 0 radical (unpaired) electrons. The minimum atomic E-state index is -0.535. The van der Waals surface area contributed by atoms with Crippen LogP contribution in [0, 0.1) is 0 Å². The predicted octanol–water partition coefficient (Wildman–Crippen LogP) is 4.25. The summed E-state index contributed by atoms with van der Waals surface area (Å²) in [6.07, 6.45) is -0.535. The van der Waals surface area contributed by atoms with Crippen molar-refractivity contribution in [1.29, 1.82) is 0 Å². The summed E-state index contributed by atoms with van der Waals surface area (Å²) in [6, 6.07) is 11.9. The average Bonchev–Trinajstić information content (AvgIpc) is 2.51. The third-order valence-corrected chi connectivity index (χ3v) is 2.96. The second-order valence-electron chi connectivity index (χ2n) is 4.29. The van der Waals surface area contributed by atoms with Crippen molar-refractivity contribution >= 4 is 17.7 Å². The van der Waals surface area contributed by atoms with Crippen LogP contribution in [0.1, 0.15) is 6.92 Å². The van der Waals surface area contributed by atoms with Crippen molar-refractivity contribution in [1.82, 2.24) is 5.32 Å². The van der Waals surface area contributed by atoms with Crippen LogP contribution in [0.25, 0.3) is 0 Å². The van der Waals surface area contributed by atoms with E-state index in [2.05, 4.69) is 5.32 Å². The van der Waals surface area contributed by atoms with Crippen LogP contribution >= 0.6 is 11.6 Å². The molecule has 2 aromatic carbocycles. The summed E-state index contributed by atoms with van der Waals surface area (Å²) in [5.41, 5.74) is 0. The molecule has 0 saturated carbocycles. The van der Waals surface area contributed by atoms with Gasteiger partial charge in [0.1, 0.15) is 11.5 Å². The van der Waals surface area contributed by atoms with Crippen molar-refractivity contribution in [3.8, 4) is 23.0 Å². The number of carbonyl (C=O) groups excluding carboxylic acids is 1. The summed E-state index contributed by atoms with van der Waals surface area (Å²) in [5, 5.41) is 3.18. The molecule has 0 bridgehead atoms. The zero-order valence-electron chi connectivity index (χ0n) is 12.3. The van der Waals surface area contributed by atoms with Gasteiger partial charge in [-0.1, -0.05) is 11.6 Å². The van der Waals surface area contributed by atoms with E-state index < -0.39 is 6.09 Å². The number of methoxy groups -OCH3 is 1. The Morgan fingerprint density at radius 1 is 1.09 bits per heavy atom. The number of ether oxygens (including phenoxy) is 3. The Bertz CT molecular complexity index is 643. The molecule has 22 heavy (non-hydrogen) atoms. The van der Waals surface area contributed by atoms with E-state index in [9.17, 15) is 4.79 Å². The second kappa shape index (κ2) is 7.56. The van der Waals surface area contributed by atoms with Crippen LogP contribution in [0.2, 0.25) is 5.02 Å². The van der Waals surface area contributed by atoms with Crippen molar-refractivity contribution < 1.29 is 19.0 Å². The molecule has 6 heteroatoms. The standard InChI is InChI=1S/C16H16ClNO4/c1-3-18-16(19)22-14-9-8-13(10-15(14)20-2)21-12-6-4-11(17)5-7-12/h4-10H,3H2,1-2H3,(H,18,19). The molecule has 116 valence electrons. The van der Waals surface area contributed by atoms with Gasteiger partial charge in [-0.15, -0.1) is 0 Å². The van der Waals surface area contributed by atoms with Gasteiger partial charge in [-0.05, 0) is 43.3 Å². The normalized spacial score (nSPS) is 9.95. The Morgan fingerprint density at radius 2 is 1.77 bits per heavy atom. The Hall–Kier alpha value is -2.40. The SMILES string of the molecule is CCNC(=O)Oc1ccc(Oc2ccc(Cl)cc2)cc1OC. The van der Waals surface area contributed by atoms with Gasteiger partial charge >= 0.3 is 6.09 Å². The maximum Gasteiger partial charge on any atom is 0.412 e. The first-order valence-electron chi connectivity index (χ1n) is 6.69. The molecule has 1 amide bonds. The highest BCUT2D eigenvalue weighted by Crippen LogP contribution is 2.33. The van der Waals surface area contributed by atoms with Gasteiger partial charge in [-0.3, -0.25) is 0 Å². The number of hydrogen-bond donors (Lipinski definition) is 1. The second-order valence-corrected chi connectivity index (χ2v) is 4.72. The third kappa shape index (κ3) is 4.30. The lowest BCUT2D eigenvalue weighted by molar-refractivity contribution is 0.199. The van der Waals surface area contributed by atoms with E-state index in [0.717, 1.165) is 0 Å². The number of hydrogen-bond acceptors (Lipinski definition) is 4. The molecule has 0 saturated heterocycles. The van der Waals surface area contributed by atoms with Crippen LogP contribution in [0.5, 0.6) is 23.0 Å². The van der Waals surface area contributed by atoms with Crippen molar-refractivity contribution in [2.45, 2.75) is 6.92 Å². The smallest absolute Gasteiger partial charge is 0.412 e. The molecule has 0 atom stereocenters. The van der Waals surface area contributed by atoms with Crippen molar-refractivity contribution in [2.24, 2.45) is 0 Å². The van der Waals surface area contributed by atoms with Crippen molar-refractivity contribution in [3.63, 3.8) is 0 Å². The predicted molar refractivity (Wildman–Crippen MR) is 84.2 cm³/mol. The zero-order chi connectivity index (χ0) is 15.9. The van der Waals surface area contributed by atoms with Crippen LogP contribution in [0.4, 0.5) is 4.79 Å². The molecule has 0 heterocycles. The van der Waals surface area contributed by atoms with Crippen LogP contribution < -0.4 is 19.5 Å². The molecule has 0 unspecified atom stereocenters. The van der Waals surface area contributed by atoms with E-state index in [1.807, 2.05) is 6.92 Å². The third-order valence-electron chi connectivity index (χ3n) is 2.71. The first kappa shape index (κ1) is 16.0. The van der Waals surface area contributed by atoms with E-state index >= 15 is 0 Å². The minimum absolute atomic E-state index is 0.317. The number of rotatable bonds is 5. The minimum Gasteiger partial charge on any atom is -0.493 e. The van der Waals surface area contributed by atoms with Gasteiger partial charge in [0, 0.05) is 17.6 Å². The molecule has 2 rings (SSSR count). The largest absolute Gasteiger partial charge is 0.493 e. The van der Waals surface area contributed by atoms with Gasteiger partial charge in [-0.25, -0.2) is 4.79 Å². The van der Waals surface area contributed by atoms with E-state index in [1.165, 1.54) is 7.11 Å². The Labute approximate surface area is 133 Å². The summed E-state index contributed by atoms with van der Waals surface area (Å²) in [5.74, 6) is 1.92. The zero-order valence-corrected chi connectivity index (χ0v) is 13.0. The summed E-state index contributed by atoms with van der Waals surface area (Å²) in [4.78, 5) is 11.5. The summed E-state index contributed by atoms with van der Waals surface area (Å²) < 4.78 is 16.1. The first-order chi connectivity index (χ1) is 10.6. The van der Waals surface area contributed by atoms with Gasteiger partial charge in [0.25, 0.3) is 0 Å². The molecule has 0 aliphatic carbocycles. The lowest BCUT2D eigenvalue weighted by atomic mass is 10.3. The number of nitrogens with one attached hydrogen (secondary N) is 1. The number of benzene rings is 2. The molecule has 0 aliphatic rings. The molecule has 0 spiro atoms. The van der Waals surface area contributed by atoms with Crippen molar-refractivity contribution in [2.75, 3.05) is 13.7 Å². The van der Waals surface area contributed by atoms with E-state index in [0.29, 0.717) is 34.6 Å². The van der Waals surface area contributed by atoms with Gasteiger partial charge in [0.2, 0.25) is 0 Å². The maximum atomic E-state index is 11.5. The van der Waals surface area contributed by atoms with E-state index in [4.69, 9.17) is 25.8 Å². The number of halogens is 1. The fourth-order valence-corrected chi connectivity index (χ4v) is 1.84. The summed E-state index contributed by atoms with van der Waals surface area (Å²) >= 11 is 5.83. The Balaban J connectivity index is 2.14. The molecule has 1 N–H and O–H groups in total.